The Morgan fingerprint density at radius 3 is 2.63 bits per heavy atom. The van der Waals surface area contributed by atoms with Crippen molar-refractivity contribution in [3.05, 3.63) is 134 Å². The molecular formula is C42H40S. The maximum absolute atomic E-state index is 2.64. The maximum Gasteiger partial charge on any atom is 0.0358 e. The average Bonchev–Trinajstić information content (AvgIpc) is 3.46. The van der Waals surface area contributed by atoms with E-state index in [9.17, 15) is 0 Å². The SMILES string of the molecule is C1=CC(C2=CCC(C3=C4CCC=CC4=C(C4=Cc5sc6ccc7ccccc7c6c5CC4)C4=CCCCC43)C=C2)CCC1. The van der Waals surface area contributed by atoms with Crippen LogP contribution in [0.3, 0.4) is 0 Å². The highest BCUT2D eigenvalue weighted by molar-refractivity contribution is 7.20. The van der Waals surface area contributed by atoms with Crippen LogP contribution in [0.5, 0.6) is 0 Å². The molecule has 0 saturated carbocycles. The second-order valence-corrected chi connectivity index (χ2v) is 14.5. The molecule has 0 fully saturated rings. The number of aryl methyl sites for hydroxylation is 1. The molecule has 2 aromatic carbocycles. The third-order valence-corrected chi connectivity index (χ3v) is 12.2. The van der Waals surface area contributed by atoms with Crippen LogP contribution in [0.15, 0.2) is 124 Å². The van der Waals surface area contributed by atoms with Crippen molar-refractivity contribution >= 4 is 38.3 Å². The van der Waals surface area contributed by atoms with Crippen molar-refractivity contribution in [2.24, 2.45) is 17.8 Å². The lowest BCUT2D eigenvalue weighted by Gasteiger charge is -2.41. The topological polar surface area (TPSA) is 0 Å². The van der Waals surface area contributed by atoms with Crippen LogP contribution in [0.25, 0.3) is 26.9 Å². The van der Waals surface area contributed by atoms with E-state index in [-0.39, 0.29) is 0 Å². The summed E-state index contributed by atoms with van der Waals surface area (Å²) in [5.74, 6) is 1.76. The number of hydrogen-bond donors (Lipinski definition) is 0. The van der Waals surface area contributed by atoms with E-state index >= 15 is 0 Å². The molecule has 3 unspecified atom stereocenters. The molecule has 3 aromatic rings. The summed E-state index contributed by atoms with van der Waals surface area (Å²) in [6.07, 6.45) is 36.4. The van der Waals surface area contributed by atoms with Crippen LogP contribution >= 0.6 is 11.3 Å². The zero-order valence-electron chi connectivity index (χ0n) is 25.1. The van der Waals surface area contributed by atoms with Gasteiger partial charge < -0.3 is 0 Å². The van der Waals surface area contributed by atoms with Gasteiger partial charge in [0.05, 0.1) is 0 Å². The molecule has 0 nitrogen and oxygen atoms in total. The van der Waals surface area contributed by atoms with Gasteiger partial charge in [-0.05, 0) is 133 Å². The zero-order chi connectivity index (χ0) is 28.3. The predicted octanol–water partition coefficient (Wildman–Crippen LogP) is 11.9. The van der Waals surface area contributed by atoms with Gasteiger partial charge in [0.15, 0.2) is 0 Å². The standard InChI is InChI=1S/C42H40S/c1-2-10-27(11-3-1)28-18-20-30(21-19-28)40-33-14-6-8-16-35(33)41(36-17-9-7-15-34(36)40)31-22-24-37-39(26-31)43-38-25-23-29-12-4-5-13-32(29)42(37)38/h2,4-5,8,10,12-13,16-20,23,25-27,30,34H,1,3,6-7,9,11,14-15,21-22,24H2. The van der Waals surface area contributed by atoms with Gasteiger partial charge >= 0.3 is 0 Å². The molecule has 214 valence electrons. The van der Waals surface area contributed by atoms with Gasteiger partial charge in [-0.15, -0.1) is 11.3 Å². The Balaban J connectivity index is 1.15. The molecule has 0 bridgehead atoms. The molecule has 0 aliphatic heterocycles. The molecule has 1 aromatic heterocycles. The summed E-state index contributed by atoms with van der Waals surface area (Å²) >= 11 is 2.01. The number of fused-ring (bicyclic) bond motifs is 7. The van der Waals surface area contributed by atoms with Gasteiger partial charge in [-0.1, -0.05) is 84.5 Å². The smallest absolute Gasteiger partial charge is 0.0358 e. The molecule has 6 aliphatic carbocycles. The van der Waals surface area contributed by atoms with Gasteiger partial charge in [0.1, 0.15) is 0 Å². The van der Waals surface area contributed by atoms with Gasteiger partial charge in [-0.2, -0.15) is 0 Å². The van der Waals surface area contributed by atoms with E-state index in [1.54, 1.807) is 44.6 Å². The minimum atomic E-state index is 0.545. The second-order valence-electron chi connectivity index (χ2n) is 13.5. The molecule has 1 heterocycles. The van der Waals surface area contributed by atoms with Crippen LogP contribution in [-0.2, 0) is 6.42 Å². The van der Waals surface area contributed by atoms with Gasteiger partial charge in [0.25, 0.3) is 0 Å². The Bertz CT molecular complexity index is 1900. The number of hydrogen-bond acceptors (Lipinski definition) is 1. The summed E-state index contributed by atoms with van der Waals surface area (Å²) in [4.78, 5) is 1.49. The molecule has 0 spiro atoms. The van der Waals surface area contributed by atoms with E-state index in [4.69, 9.17) is 0 Å². The van der Waals surface area contributed by atoms with Gasteiger partial charge in [0.2, 0.25) is 0 Å². The van der Waals surface area contributed by atoms with E-state index in [1.165, 1.54) is 83.5 Å². The minimum absolute atomic E-state index is 0.545. The van der Waals surface area contributed by atoms with Crippen LogP contribution < -0.4 is 0 Å². The molecule has 6 aliphatic rings. The highest BCUT2D eigenvalue weighted by atomic mass is 32.1. The Morgan fingerprint density at radius 1 is 0.767 bits per heavy atom. The maximum atomic E-state index is 2.64. The Hall–Kier alpha value is -3.42. The molecule has 0 N–H and O–H groups in total. The summed E-state index contributed by atoms with van der Waals surface area (Å²) in [5, 5.41) is 4.29. The van der Waals surface area contributed by atoms with Gasteiger partial charge in [-0.3, -0.25) is 0 Å². The third kappa shape index (κ3) is 4.30. The molecule has 0 amide bonds. The van der Waals surface area contributed by atoms with Crippen LogP contribution in [0.2, 0.25) is 0 Å². The molecular weight excluding hydrogens is 537 g/mol. The summed E-state index contributed by atoms with van der Waals surface area (Å²) < 4.78 is 1.44. The largest absolute Gasteiger partial charge is 0.136 e. The number of thiophene rings is 1. The number of rotatable bonds is 3. The number of allylic oxidation sites excluding steroid dienone is 15. The molecule has 0 radical (unpaired) electrons. The van der Waals surface area contributed by atoms with Crippen molar-refractivity contribution in [3.8, 4) is 0 Å². The lowest BCUT2D eigenvalue weighted by atomic mass is 9.63. The molecule has 0 saturated heterocycles. The van der Waals surface area contributed by atoms with Crippen LogP contribution in [0.4, 0.5) is 0 Å². The second kappa shape index (κ2) is 10.6. The highest BCUT2D eigenvalue weighted by Crippen LogP contribution is 2.54. The van der Waals surface area contributed by atoms with E-state index in [1.807, 2.05) is 11.3 Å². The van der Waals surface area contributed by atoms with E-state index in [2.05, 4.69) is 91.1 Å². The van der Waals surface area contributed by atoms with Gasteiger partial charge in [0, 0.05) is 32.7 Å². The Labute approximate surface area is 260 Å². The zero-order valence-corrected chi connectivity index (χ0v) is 25.9. The quantitative estimate of drug-likeness (QED) is 0.272. The van der Waals surface area contributed by atoms with E-state index < -0.39 is 0 Å². The fourth-order valence-electron chi connectivity index (χ4n) is 9.12. The third-order valence-electron chi connectivity index (χ3n) is 11.1. The summed E-state index contributed by atoms with van der Waals surface area (Å²) in [6, 6.07) is 13.6. The fraction of sp³-hybridized carbons (Fsp3) is 0.333. The van der Waals surface area contributed by atoms with Crippen LogP contribution in [-0.4, -0.2) is 0 Å². The van der Waals surface area contributed by atoms with Crippen molar-refractivity contribution in [1.29, 1.82) is 0 Å². The lowest BCUT2D eigenvalue weighted by Crippen LogP contribution is -2.27. The van der Waals surface area contributed by atoms with Crippen molar-refractivity contribution in [1.82, 2.24) is 0 Å². The fourth-order valence-corrected chi connectivity index (χ4v) is 10.4. The predicted molar refractivity (Wildman–Crippen MR) is 185 cm³/mol. The first-order valence-electron chi connectivity index (χ1n) is 16.9. The van der Waals surface area contributed by atoms with Crippen molar-refractivity contribution in [3.63, 3.8) is 0 Å². The first-order valence-corrected chi connectivity index (χ1v) is 17.7. The molecule has 43 heavy (non-hydrogen) atoms. The first kappa shape index (κ1) is 26.0. The van der Waals surface area contributed by atoms with Crippen LogP contribution in [0, 0.1) is 17.8 Å². The summed E-state index contributed by atoms with van der Waals surface area (Å²) in [5.41, 5.74) is 13.0. The summed E-state index contributed by atoms with van der Waals surface area (Å²) in [7, 11) is 0. The first-order chi connectivity index (χ1) is 21.3. The molecule has 3 atom stereocenters. The van der Waals surface area contributed by atoms with Gasteiger partial charge in [-0.25, -0.2) is 0 Å². The molecule has 1 heteroatoms. The van der Waals surface area contributed by atoms with E-state index in [0.29, 0.717) is 17.8 Å². The van der Waals surface area contributed by atoms with Crippen molar-refractivity contribution in [2.45, 2.75) is 70.6 Å². The minimum Gasteiger partial charge on any atom is -0.136 e. The highest BCUT2D eigenvalue weighted by Gasteiger charge is 2.38. The molecule has 9 rings (SSSR count). The van der Waals surface area contributed by atoms with Crippen molar-refractivity contribution in [2.75, 3.05) is 0 Å². The number of benzene rings is 2. The Kier molecular flexibility index (Phi) is 6.44. The average molecular weight is 577 g/mol. The normalized spacial score (nSPS) is 26.7. The summed E-state index contributed by atoms with van der Waals surface area (Å²) in [6.45, 7) is 0. The van der Waals surface area contributed by atoms with Crippen LogP contribution in [0.1, 0.15) is 74.6 Å². The lowest BCUT2D eigenvalue weighted by molar-refractivity contribution is 0.513. The monoisotopic (exact) mass is 576 g/mol. The Morgan fingerprint density at radius 2 is 1.72 bits per heavy atom. The van der Waals surface area contributed by atoms with E-state index in [0.717, 1.165) is 12.8 Å². The van der Waals surface area contributed by atoms with Crippen molar-refractivity contribution < 1.29 is 0 Å².